The van der Waals surface area contributed by atoms with Crippen LogP contribution in [0.1, 0.15) is 61.4 Å². The lowest BCUT2D eigenvalue weighted by atomic mass is 10.1. The van der Waals surface area contributed by atoms with E-state index in [-0.39, 0.29) is 17.6 Å². The van der Waals surface area contributed by atoms with Gasteiger partial charge in [0.1, 0.15) is 6.10 Å². The Morgan fingerprint density at radius 2 is 1.87 bits per heavy atom. The van der Waals surface area contributed by atoms with Gasteiger partial charge >= 0.3 is 5.97 Å². The normalized spacial score (nSPS) is 17.3. The molecule has 126 valence electrons. The molecular formula is C18H25NO4. The predicted octanol–water partition coefficient (Wildman–Crippen LogP) is 3.76. The maximum atomic E-state index is 12.3. The standard InChI is InChI=1S/C18H25NO4/c1-12-9-10-14(11-16(12)18(21)22)19-17(20)13(2)23-15-7-5-3-4-6-8-15/h9-11,13,15H,3-8H2,1-2H3,(H,19,20)(H,21,22). The molecule has 0 spiro atoms. The van der Waals surface area contributed by atoms with Crippen molar-refractivity contribution in [1.29, 1.82) is 0 Å². The van der Waals surface area contributed by atoms with Crippen LogP contribution >= 0.6 is 0 Å². The Labute approximate surface area is 137 Å². The fourth-order valence-corrected chi connectivity index (χ4v) is 2.90. The summed E-state index contributed by atoms with van der Waals surface area (Å²) >= 11 is 0. The summed E-state index contributed by atoms with van der Waals surface area (Å²) in [6.07, 6.45) is 6.39. The Morgan fingerprint density at radius 3 is 2.48 bits per heavy atom. The van der Waals surface area contributed by atoms with Gasteiger partial charge in [0.15, 0.2) is 0 Å². The molecule has 5 heteroatoms. The van der Waals surface area contributed by atoms with E-state index in [2.05, 4.69) is 5.32 Å². The zero-order valence-electron chi connectivity index (χ0n) is 13.8. The molecule has 0 saturated heterocycles. The fourth-order valence-electron chi connectivity index (χ4n) is 2.90. The minimum Gasteiger partial charge on any atom is -0.478 e. The van der Waals surface area contributed by atoms with Crippen molar-refractivity contribution >= 4 is 17.6 Å². The second-order valence-electron chi connectivity index (χ2n) is 6.22. The van der Waals surface area contributed by atoms with Gasteiger partial charge in [-0.05, 0) is 44.4 Å². The molecule has 0 radical (unpaired) electrons. The molecule has 23 heavy (non-hydrogen) atoms. The Kier molecular flexibility index (Phi) is 6.16. The predicted molar refractivity (Wildman–Crippen MR) is 88.8 cm³/mol. The molecule has 1 atom stereocenters. The largest absolute Gasteiger partial charge is 0.478 e. The SMILES string of the molecule is Cc1ccc(NC(=O)C(C)OC2CCCCCC2)cc1C(=O)O. The van der Waals surface area contributed by atoms with Crippen molar-refractivity contribution in [3.63, 3.8) is 0 Å². The van der Waals surface area contributed by atoms with Gasteiger partial charge in [0.25, 0.3) is 5.91 Å². The van der Waals surface area contributed by atoms with Gasteiger partial charge < -0.3 is 15.2 Å². The van der Waals surface area contributed by atoms with E-state index in [0.717, 1.165) is 25.7 Å². The number of carboxylic acids is 1. The van der Waals surface area contributed by atoms with Crippen molar-refractivity contribution in [1.82, 2.24) is 0 Å². The van der Waals surface area contributed by atoms with E-state index < -0.39 is 12.1 Å². The number of aromatic carboxylic acids is 1. The lowest BCUT2D eigenvalue weighted by Crippen LogP contribution is -2.31. The molecule has 1 aliphatic rings. The third-order valence-corrected chi connectivity index (χ3v) is 4.30. The lowest BCUT2D eigenvalue weighted by molar-refractivity contribution is -0.130. The van der Waals surface area contributed by atoms with Crippen molar-refractivity contribution in [3.05, 3.63) is 29.3 Å². The monoisotopic (exact) mass is 319 g/mol. The Bertz CT molecular complexity index is 562. The van der Waals surface area contributed by atoms with Crippen LogP contribution in [0.15, 0.2) is 18.2 Å². The van der Waals surface area contributed by atoms with Gasteiger partial charge in [-0.3, -0.25) is 4.79 Å². The first-order valence-electron chi connectivity index (χ1n) is 8.27. The van der Waals surface area contributed by atoms with E-state index in [1.165, 1.54) is 18.9 Å². The first-order valence-corrected chi connectivity index (χ1v) is 8.27. The Morgan fingerprint density at radius 1 is 1.22 bits per heavy atom. The Hall–Kier alpha value is -1.88. The highest BCUT2D eigenvalue weighted by Gasteiger charge is 2.21. The zero-order chi connectivity index (χ0) is 16.8. The van der Waals surface area contributed by atoms with E-state index >= 15 is 0 Å². The van der Waals surface area contributed by atoms with Crippen LogP contribution in [0.25, 0.3) is 0 Å². The summed E-state index contributed by atoms with van der Waals surface area (Å²) in [6, 6.07) is 4.88. The van der Waals surface area contributed by atoms with Gasteiger partial charge in [0.2, 0.25) is 0 Å². The number of ether oxygens (including phenoxy) is 1. The lowest BCUT2D eigenvalue weighted by Gasteiger charge is -2.20. The molecule has 1 amide bonds. The quantitative estimate of drug-likeness (QED) is 0.810. The highest BCUT2D eigenvalue weighted by molar-refractivity contribution is 5.96. The number of carbonyl (C=O) groups is 2. The molecule has 0 heterocycles. The summed E-state index contributed by atoms with van der Waals surface area (Å²) in [4.78, 5) is 23.4. The minimum atomic E-state index is -0.999. The Balaban J connectivity index is 1.95. The number of hydrogen-bond donors (Lipinski definition) is 2. The third kappa shape index (κ3) is 5.06. The van der Waals surface area contributed by atoms with E-state index in [9.17, 15) is 9.59 Å². The van der Waals surface area contributed by atoms with Crippen molar-refractivity contribution < 1.29 is 19.4 Å². The minimum absolute atomic E-state index is 0.144. The number of carbonyl (C=O) groups excluding carboxylic acids is 1. The number of benzene rings is 1. The molecule has 5 nitrogen and oxygen atoms in total. The summed E-state index contributed by atoms with van der Waals surface area (Å²) in [5.74, 6) is -1.24. The average Bonchev–Trinajstić information content (AvgIpc) is 2.77. The highest BCUT2D eigenvalue weighted by atomic mass is 16.5. The van der Waals surface area contributed by atoms with Crippen LogP contribution in [0.4, 0.5) is 5.69 Å². The number of aryl methyl sites for hydroxylation is 1. The number of anilines is 1. The van der Waals surface area contributed by atoms with Crippen LogP contribution < -0.4 is 5.32 Å². The molecule has 2 rings (SSSR count). The first kappa shape index (κ1) is 17.5. The van der Waals surface area contributed by atoms with Crippen LogP contribution in [0, 0.1) is 6.92 Å². The van der Waals surface area contributed by atoms with Gasteiger partial charge in [-0.1, -0.05) is 31.7 Å². The molecular weight excluding hydrogens is 294 g/mol. The second-order valence-corrected chi connectivity index (χ2v) is 6.22. The number of rotatable bonds is 5. The van der Waals surface area contributed by atoms with Crippen LogP contribution in [0.3, 0.4) is 0 Å². The van der Waals surface area contributed by atoms with Crippen molar-refractivity contribution in [2.24, 2.45) is 0 Å². The summed E-state index contributed by atoms with van der Waals surface area (Å²) in [5.41, 5.74) is 1.34. The van der Waals surface area contributed by atoms with Crippen LogP contribution in [-0.4, -0.2) is 29.2 Å². The molecule has 1 aliphatic carbocycles. The van der Waals surface area contributed by atoms with Gasteiger partial charge in [-0.15, -0.1) is 0 Å². The third-order valence-electron chi connectivity index (χ3n) is 4.30. The average molecular weight is 319 g/mol. The smallest absolute Gasteiger partial charge is 0.336 e. The molecule has 0 aromatic heterocycles. The van der Waals surface area contributed by atoms with E-state index in [1.54, 1.807) is 26.0 Å². The van der Waals surface area contributed by atoms with E-state index in [0.29, 0.717) is 11.3 Å². The molecule has 2 N–H and O–H groups in total. The number of carboxylic acid groups (broad SMARTS) is 1. The summed E-state index contributed by atoms with van der Waals surface area (Å²) < 4.78 is 5.88. The van der Waals surface area contributed by atoms with Gasteiger partial charge in [-0.25, -0.2) is 4.79 Å². The maximum Gasteiger partial charge on any atom is 0.336 e. The molecule has 1 aromatic rings. The zero-order valence-corrected chi connectivity index (χ0v) is 13.8. The first-order chi connectivity index (χ1) is 11.0. The van der Waals surface area contributed by atoms with Crippen LogP contribution in [0.5, 0.6) is 0 Å². The second kappa shape index (κ2) is 8.11. The molecule has 1 saturated carbocycles. The van der Waals surface area contributed by atoms with Crippen molar-refractivity contribution in [2.75, 3.05) is 5.32 Å². The van der Waals surface area contributed by atoms with Gasteiger partial charge in [0, 0.05) is 5.69 Å². The number of nitrogens with one attached hydrogen (secondary N) is 1. The molecule has 1 aromatic carbocycles. The highest BCUT2D eigenvalue weighted by Crippen LogP contribution is 2.21. The fraction of sp³-hybridized carbons (Fsp3) is 0.556. The number of hydrogen-bond acceptors (Lipinski definition) is 3. The van der Waals surface area contributed by atoms with E-state index in [1.807, 2.05) is 0 Å². The molecule has 0 bridgehead atoms. The van der Waals surface area contributed by atoms with Gasteiger partial charge in [-0.2, -0.15) is 0 Å². The van der Waals surface area contributed by atoms with Crippen LogP contribution in [-0.2, 0) is 9.53 Å². The topological polar surface area (TPSA) is 75.6 Å². The number of amides is 1. The summed E-state index contributed by atoms with van der Waals surface area (Å²) in [6.45, 7) is 3.47. The molecule has 1 unspecified atom stereocenters. The van der Waals surface area contributed by atoms with Crippen molar-refractivity contribution in [3.8, 4) is 0 Å². The van der Waals surface area contributed by atoms with Crippen LogP contribution in [0.2, 0.25) is 0 Å². The summed E-state index contributed by atoms with van der Waals surface area (Å²) in [5, 5.41) is 11.9. The molecule has 1 fully saturated rings. The van der Waals surface area contributed by atoms with Crippen molar-refractivity contribution in [2.45, 2.75) is 64.6 Å². The summed E-state index contributed by atoms with van der Waals surface area (Å²) in [7, 11) is 0. The van der Waals surface area contributed by atoms with E-state index in [4.69, 9.17) is 9.84 Å². The van der Waals surface area contributed by atoms with Gasteiger partial charge in [0.05, 0.1) is 11.7 Å². The maximum absolute atomic E-state index is 12.3. The molecule has 0 aliphatic heterocycles.